The molecular formula is C16H24ClFN4O3Si. The van der Waals surface area contributed by atoms with Gasteiger partial charge in [0.1, 0.15) is 24.1 Å². The van der Waals surface area contributed by atoms with Crippen LogP contribution in [0.15, 0.2) is 12.7 Å². The highest BCUT2D eigenvalue weighted by atomic mass is 35.5. The van der Waals surface area contributed by atoms with E-state index in [0.717, 1.165) is 0 Å². The van der Waals surface area contributed by atoms with Gasteiger partial charge in [0, 0.05) is 0 Å². The first-order valence-corrected chi connectivity index (χ1v) is 11.8. The molecule has 4 atom stereocenters. The minimum atomic E-state index is -2.25. The van der Waals surface area contributed by atoms with Gasteiger partial charge in [-0.25, -0.2) is 19.3 Å². The van der Waals surface area contributed by atoms with Gasteiger partial charge in [-0.05, 0) is 18.1 Å². The molecule has 3 heterocycles. The minimum absolute atomic E-state index is 0.0900. The van der Waals surface area contributed by atoms with Crippen LogP contribution >= 0.6 is 11.6 Å². The summed E-state index contributed by atoms with van der Waals surface area (Å²) in [6.07, 6.45) is -1.39. The Bertz CT molecular complexity index is 797. The number of halogens is 2. The molecule has 144 valence electrons. The number of aromatic nitrogens is 4. The normalized spacial score (nSPS) is 27.4. The van der Waals surface area contributed by atoms with Crippen molar-refractivity contribution in [3.8, 4) is 0 Å². The average molecular weight is 403 g/mol. The van der Waals surface area contributed by atoms with E-state index in [9.17, 15) is 5.11 Å². The summed E-state index contributed by atoms with van der Waals surface area (Å²) in [5.74, 6) is 0. The number of nitrogens with zero attached hydrogens (tertiary/aromatic N) is 4. The van der Waals surface area contributed by atoms with E-state index in [1.54, 1.807) is 0 Å². The molecular weight excluding hydrogens is 379 g/mol. The largest absolute Gasteiger partial charge is 0.408 e. The molecule has 0 amide bonds. The molecule has 0 radical (unpaired) electrons. The van der Waals surface area contributed by atoms with E-state index in [2.05, 4.69) is 35.7 Å². The van der Waals surface area contributed by atoms with Gasteiger partial charge in [-0.3, -0.25) is 4.57 Å². The van der Waals surface area contributed by atoms with Gasteiger partial charge in [0.15, 0.2) is 31.5 Å². The summed E-state index contributed by atoms with van der Waals surface area (Å²) in [6, 6.07) is 0. The molecule has 1 fully saturated rings. The number of fused-ring (bicyclic) bond motifs is 1. The van der Waals surface area contributed by atoms with E-state index >= 15 is 4.39 Å². The predicted octanol–water partition coefficient (Wildman–Crippen LogP) is 3.10. The second-order valence-electron chi connectivity index (χ2n) is 8.02. The standard InChI is InChI=1S/C16H24ClFN4O3Si/c1-16(2,3)26(4,5)25-12-9(6-23)24-15(10(12)18)22-8-21-11-13(17)19-7-20-14(11)22/h7-10,12,15,23H,6H2,1-5H3/t9-,10-,12-,15-/m1/s1. The highest BCUT2D eigenvalue weighted by Gasteiger charge is 2.51. The van der Waals surface area contributed by atoms with Gasteiger partial charge in [-0.2, -0.15) is 0 Å². The van der Waals surface area contributed by atoms with E-state index in [-0.39, 0.29) is 16.8 Å². The lowest BCUT2D eigenvalue weighted by Crippen LogP contribution is -2.49. The summed E-state index contributed by atoms with van der Waals surface area (Å²) in [5, 5.41) is 9.80. The summed E-state index contributed by atoms with van der Waals surface area (Å²) in [7, 11) is -2.25. The number of aliphatic hydroxyl groups excluding tert-OH is 1. The van der Waals surface area contributed by atoms with Crippen LogP contribution in [0.4, 0.5) is 4.39 Å². The van der Waals surface area contributed by atoms with Crippen molar-refractivity contribution in [2.75, 3.05) is 6.61 Å². The molecule has 2 aromatic rings. The second kappa shape index (κ2) is 6.79. The van der Waals surface area contributed by atoms with Gasteiger partial charge >= 0.3 is 0 Å². The number of hydrogen-bond donors (Lipinski definition) is 1. The van der Waals surface area contributed by atoms with Crippen molar-refractivity contribution in [3.63, 3.8) is 0 Å². The first-order chi connectivity index (χ1) is 12.1. The average Bonchev–Trinajstić information content (AvgIpc) is 3.09. The second-order valence-corrected chi connectivity index (χ2v) is 13.1. The van der Waals surface area contributed by atoms with Crippen LogP contribution in [0.2, 0.25) is 23.3 Å². The molecule has 2 aromatic heterocycles. The molecule has 1 N–H and O–H groups in total. The van der Waals surface area contributed by atoms with Crippen LogP contribution in [0.5, 0.6) is 0 Å². The molecule has 0 unspecified atom stereocenters. The third-order valence-corrected chi connectivity index (χ3v) is 10.0. The van der Waals surface area contributed by atoms with E-state index in [0.29, 0.717) is 11.2 Å². The summed E-state index contributed by atoms with van der Waals surface area (Å²) < 4.78 is 28.8. The summed E-state index contributed by atoms with van der Waals surface area (Å²) in [4.78, 5) is 12.2. The van der Waals surface area contributed by atoms with Crippen molar-refractivity contribution in [1.29, 1.82) is 0 Å². The predicted molar refractivity (Wildman–Crippen MR) is 98.3 cm³/mol. The Kier molecular flexibility index (Phi) is 5.13. The maximum atomic E-state index is 15.3. The molecule has 26 heavy (non-hydrogen) atoms. The zero-order valence-electron chi connectivity index (χ0n) is 15.5. The van der Waals surface area contributed by atoms with E-state index in [1.807, 2.05) is 13.1 Å². The van der Waals surface area contributed by atoms with Crippen molar-refractivity contribution >= 4 is 31.1 Å². The zero-order valence-corrected chi connectivity index (χ0v) is 17.2. The number of rotatable bonds is 4. The first-order valence-electron chi connectivity index (χ1n) is 8.48. The Hall–Kier alpha value is -1.13. The Balaban J connectivity index is 1.92. The van der Waals surface area contributed by atoms with Crippen LogP contribution in [0.3, 0.4) is 0 Å². The highest BCUT2D eigenvalue weighted by molar-refractivity contribution is 6.74. The maximum Gasteiger partial charge on any atom is 0.192 e. The molecule has 1 aliphatic heterocycles. The molecule has 1 saturated heterocycles. The molecule has 0 aliphatic carbocycles. The fourth-order valence-corrected chi connectivity index (χ4v) is 4.22. The highest BCUT2D eigenvalue weighted by Crippen LogP contribution is 2.42. The lowest BCUT2D eigenvalue weighted by molar-refractivity contribution is -0.0445. The fraction of sp³-hybridized carbons (Fsp3) is 0.688. The quantitative estimate of drug-likeness (QED) is 0.625. The van der Waals surface area contributed by atoms with Crippen LogP contribution in [0, 0.1) is 0 Å². The maximum absolute atomic E-state index is 15.3. The van der Waals surface area contributed by atoms with Crippen molar-refractivity contribution in [2.24, 2.45) is 0 Å². The van der Waals surface area contributed by atoms with E-state index in [1.165, 1.54) is 17.2 Å². The lowest BCUT2D eigenvalue weighted by atomic mass is 10.1. The number of ether oxygens (including phenoxy) is 1. The Morgan fingerprint density at radius 1 is 1.35 bits per heavy atom. The SMILES string of the molecule is CC(C)(C)[Si](C)(C)O[C@H]1[C@@H](F)[C@H](n2cnc3c(Cl)ncnc32)O[C@@H]1CO. The molecule has 7 nitrogen and oxygen atoms in total. The van der Waals surface area contributed by atoms with E-state index in [4.69, 9.17) is 20.8 Å². The van der Waals surface area contributed by atoms with E-state index < -0.39 is 32.9 Å². The molecule has 0 saturated carbocycles. The van der Waals surface area contributed by atoms with Gasteiger partial charge in [0.25, 0.3) is 0 Å². The lowest BCUT2D eigenvalue weighted by Gasteiger charge is -2.39. The Morgan fingerprint density at radius 2 is 2.04 bits per heavy atom. The monoisotopic (exact) mass is 402 g/mol. The van der Waals surface area contributed by atoms with Crippen LogP contribution in [-0.2, 0) is 9.16 Å². The van der Waals surface area contributed by atoms with Gasteiger partial charge in [0.2, 0.25) is 0 Å². The van der Waals surface area contributed by atoms with Gasteiger partial charge < -0.3 is 14.3 Å². The number of alkyl halides is 1. The van der Waals surface area contributed by atoms with Crippen molar-refractivity contribution in [1.82, 2.24) is 19.5 Å². The summed E-state index contributed by atoms with van der Waals surface area (Å²) in [5.41, 5.74) is 0.751. The zero-order chi connectivity index (χ0) is 19.3. The van der Waals surface area contributed by atoms with Crippen LogP contribution in [0.25, 0.3) is 11.2 Å². The summed E-state index contributed by atoms with van der Waals surface area (Å²) >= 11 is 6.01. The Morgan fingerprint density at radius 3 is 2.65 bits per heavy atom. The van der Waals surface area contributed by atoms with Crippen molar-refractivity contribution < 1.29 is 18.7 Å². The molecule has 10 heteroatoms. The fourth-order valence-electron chi connectivity index (χ4n) is 2.73. The topological polar surface area (TPSA) is 82.3 Å². The number of imidazole rings is 1. The van der Waals surface area contributed by atoms with Crippen LogP contribution < -0.4 is 0 Å². The molecule has 1 aliphatic rings. The minimum Gasteiger partial charge on any atom is -0.408 e. The Labute approximate surface area is 157 Å². The smallest absolute Gasteiger partial charge is 0.192 e. The third-order valence-electron chi connectivity index (χ3n) is 5.27. The van der Waals surface area contributed by atoms with Crippen molar-refractivity contribution in [2.45, 2.75) is 63.5 Å². The molecule has 0 bridgehead atoms. The van der Waals surface area contributed by atoms with Gasteiger partial charge in [0.05, 0.1) is 12.9 Å². The van der Waals surface area contributed by atoms with Crippen LogP contribution in [0.1, 0.15) is 27.0 Å². The van der Waals surface area contributed by atoms with Crippen molar-refractivity contribution in [3.05, 3.63) is 17.8 Å². The third kappa shape index (κ3) is 3.27. The molecule has 0 spiro atoms. The van der Waals surface area contributed by atoms with Gasteiger partial charge in [-0.15, -0.1) is 0 Å². The molecule has 3 rings (SSSR count). The van der Waals surface area contributed by atoms with Gasteiger partial charge in [-0.1, -0.05) is 32.4 Å². The molecule has 0 aromatic carbocycles. The first kappa shape index (κ1) is 19.6. The number of hydrogen-bond acceptors (Lipinski definition) is 6. The van der Waals surface area contributed by atoms with Crippen LogP contribution in [-0.4, -0.2) is 57.9 Å². The number of aliphatic hydroxyl groups is 1. The summed E-state index contributed by atoms with van der Waals surface area (Å²) in [6.45, 7) is 9.99.